The molecular formula is C24H32N6. The van der Waals surface area contributed by atoms with Gasteiger partial charge in [-0.25, -0.2) is 4.98 Å². The fourth-order valence-corrected chi connectivity index (χ4v) is 4.01. The van der Waals surface area contributed by atoms with E-state index in [0.717, 1.165) is 49.3 Å². The Bertz CT molecular complexity index is 967. The van der Waals surface area contributed by atoms with Crippen LogP contribution in [0.1, 0.15) is 30.9 Å². The summed E-state index contributed by atoms with van der Waals surface area (Å²) in [6, 6.07) is 12.7. The van der Waals surface area contributed by atoms with Crippen LogP contribution in [0.3, 0.4) is 0 Å². The summed E-state index contributed by atoms with van der Waals surface area (Å²) in [7, 11) is 1.81. The monoisotopic (exact) mass is 404 g/mol. The zero-order valence-corrected chi connectivity index (χ0v) is 18.0. The first-order valence-electron chi connectivity index (χ1n) is 10.9. The van der Waals surface area contributed by atoms with Crippen molar-refractivity contribution in [3.63, 3.8) is 0 Å². The van der Waals surface area contributed by atoms with Gasteiger partial charge in [-0.15, -0.1) is 0 Å². The number of hydrogen-bond donors (Lipinski definition) is 3. The Morgan fingerprint density at radius 2 is 2.00 bits per heavy atom. The van der Waals surface area contributed by atoms with Crippen LogP contribution in [0.15, 0.2) is 53.8 Å². The van der Waals surface area contributed by atoms with E-state index in [1.54, 1.807) is 7.05 Å². The highest BCUT2D eigenvalue weighted by atomic mass is 15.2. The Morgan fingerprint density at radius 3 is 2.77 bits per heavy atom. The summed E-state index contributed by atoms with van der Waals surface area (Å²) < 4.78 is 0. The molecule has 2 aromatic heterocycles. The second kappa shape index (κ2) is 9.65. The van der Waals surface area contributed by atoms with E-state index < -0.39 is 0 Å². The van der Waals surface area contributed by atoms with E-state index in [-0.39, 0.29) is 0 Å². The number of piperidine rings is 1. The third kappa shape index (κ3) is 4.93. The van der Waals surface area contributed by atoms with Crippen molar-refractivity contribution in [2.75, 3.05) is 31.6 Å². The third-order valence-corrected chi connectivity index (χ3v) is 5.96. The van der Waals surface area contributed by atoms with Gasteiger partial charge in [-0.2, -0.15) is 0 Å². The summed E-state index contributed by atoms with van der Waals surface area (Å²) in [6.45, 7) is 6.08. The molecule has 1 fully saturated rings. The number of pyridine rings is 1. The van der Waals surface area contributed by atoms with Gasteiger partial charge in [0.15, 0.2) is 5.96 Å². The van der Waals surface area contributed by atoms with E-state index in [4.69, 9.17) is 0 Å². The van der Waals surface area contributed by atoms with E-state index in [0.29, 0.717) is 6.54 Å². The Labute approximate surface area is 178 Å². The van der Waals surface area contributed by atoms with Crippen LogP contribution in [0.5, 0.6) is 0 Å². The molecule has 3 N–H and O–H groups in total. The summed E-state index contributed by atoms with van der Waals surface area (Å²) in [5.74, 6) is 2.73. The molecule has 0 radical (unpaired) electrons. The van der Waals surface area contributed by atoms with Crippen molar-refractivity contribution in [1.82, 2.24) is 20.6 Å². The van der Waals surface area contributed by atoms with Gasteiger partial charge < -0.3 is 20.5 Å². The number of aliphatic imine (C=N–C) groups is 1. The molecule has 0 amide bonds. The van der Waals surface area contributed by atoms with Gasteiger partial charge in [0.2, 0.25) is 0 Å². The molecule has 0 bridgehead atoms. The molecule has 1 aliphatic rings. The maximum atomic E-state index is 4.68. The van der Waals surface area contributed by atoms with Gasteiger partial charge in [-0.3, -0.25) is 4.99 Å². The number of aromatic amines is 1. The van der Waals surface area contributed by atoms with E-state index in [1.165, 1.54) is 29.3 Å². The highest BCUT2D eigenvalue weighted by molar-refractivity contribution is 5.83. The fraction of sp³-hybridized carbons (Fsp3) is 0.417. The normalized spacial score (nSPS) is 15.5. The van der Waals surface area contributed by atoms with Crippen molar-refractivity contribution in [2.24, 2.45) is 10.9 Å². The Hall–Kier alpha value is -3.02. The van der Waals surface area contributed by atoms with Crippen molar-refractivity contribution in [3.8, 4) is 0 Å². The summed E-state index contributed by atoms with van der Waals surface area (Å²) in [5, 5.41) is 8.08. The molecule has 0 aliphatic carbocycles. The number of para-hydroxylation sites is 1. The molecule has 1 aromatic carbocycles. The van der Waals surface area contributed by atoms with Gasteiger partial charge in [-0.05, 0) is 48.4 Å². The number of nitrogens with one attached hydrogen (secondary N) is 3. The van der Waals surface area contributed by atoms with Crippen LogP contribution >= 0.6 is 0 Å². The molecule has 6 nitrogen and oxygen atoms in total. The zero-order chi connectivity index (χ0) is 20.8. The summed E-state index contributed by atoms with van der Waals surface area (Å²) >= 11 is 0. The van der Waals surface area contributed by atoms with Gasteiger partial charge in [0.25, 0.3) is 0 Å². The van der Waals surface area contributed by atoms with Gasteiger partial charge in [-0.1, -0.05) is 31.2 Å². The first kappa shape index (κ1) is 20.3. The van der Waals surface area contributed by atoms with Gasteiger partial charge in [0.1, 0.15) is 5.82 Å². The number of aromatic nitrogens is 2. The Kier molecular flexibility index (Phi) is 6.52. The van der Waals surface area contributed by atoms with Crippen molar-refractivity contribution in [2.45, 2.75) is 32.7 Å². The summed E-state index contributed by atoms with van der Waals surface area (Å²) in [4.78, 5) is 14.7. The molecule has 4 rings (SSSR count). The first-order valence-corrected chi connectivity index (χ1v) is 10.9. The van der Waals surface area contributed by atoms with Crippen LogP contribution in [0, 0.1) is 5.92 Å². The predicted octanol–water partition coefficient (Wildman–Crippen LogP) is 3.71. The van der Waals surface area contributed by atoms with E-state index in [2.05, 4.69) is 80.0 Å². The Morgan fingerprint density at radius 1 is 1.17 bits per heavy atom. The lowest BCUT2D eigenvalue weighted by atomic mass is 9.99. The molecule has 3 aromatic rings. The zero-order valence-electron chi connectivity index (χ0n) is 18.0. The molecule has 30 heavy (non-hydrogen) atoms. The number of rotatable bonds is 6. The minimum Gasteiger partial charge on any atom is -0.361 e. The smallest absolute Gasteiger partial charge is 0.191 e. The fourth-order valence-electron chi connectivity index (χ4n) is 4.01. The Balaban J connectivity index is 1.24. The number of H-pyrrole nitrogens is 1. The van der Waals surface area contributed by atoms with Crippen LogP contribution in [0.4, 0.5) is 5.82 Å². The van der Waals surface area contributed by atoms with Crippen LogP contribution in [-0.2, 0) is 13.0 Å². The molecule has 6 heteroatoms. The molecule has 1 saturated heterocycles. The second-order valence-electron chi connectivity index (χ2n) is 8.16. The number of benzene rings is 1. The lowest BCUT2D eigenvalue weighted by Gasteiger charge is -2.31. The lowest BCUT2D eigenvalue weighted by molar-refractivity contribution is 0.436. The van der Waals surface area contributed by atoms with Gasteiger partial charge in [0, 0.05) is 56.5 Å². The topological polar surface area (TPSA) is 68.3 Å². The molecule has 158 valence electrons. The SMILES string of the molecule is CN=C(NCCc1c[nH]c2ccccc12)NCc1ccc(N2CCC(C)CC2)nc1. The highest BCUT2D eigenvalue weighted by Gasteiger charge is 2.16. The van der Waals surface area contributed by atoms with Gasteiger partial charge >= 0.3 is 0 Å². The molecule has 0 unspecified atom stereocenters. The van der Waals surface area contributed by atoms with Crippen molar-refractivity contribution < 1.29 is 0 Å². The number of nitrogens with zero attached hydrogens (tertiary/aromatic N) is 3. The number of guanidine groups is 1. The number of hydrogen-bond acceptors (Lipinski definition) is 3. The van der Waals surface area contributed by atoms with Crippen LogP contribution < -0.4 is 15.5 Å². The summed E-state index contributed by atoms with van der Waals surface area (Å²) in [5.41, 5.74) is 3.66. The third-order valence-electron chi connectivity index (χ3n) is 5.96. The maximum absolute atomic E-state index is 4.68. The van der Waals surface area contributed by atoms with E-state index >= 15 is 0 Å². The number of fused-ring (bicyclic) bond motifs is 1. The average molecular weight is 405 g/mol. The molecule has 3 heterocycles. The maximum Gasteiger partial charge on any atom is 0.191 e. The van der Waals surface area contributed by atoms with Crippen molar-refractivity contribution in [1.29, 1.82) is 0 Å². The largest absolute Gasteiger partial charge is 0.361 e. The highest BCUT2D eigenvalue weighted by Crippen LogP contribution is 2.21. The second-order valence-corrected chi connectivity index (χ2v) is 8.16. The minimum atomic E-state index is 0.705. The summed E-state index contributed by atoms with van der Waals surface area (Å²) in [6.07, 6.45) is 7.52. The average Bonchev–Trinajstić information content (AvgIpc) is 3.20. The van der Waals surface area contributed by atoms with Crippen LogP contribution in [0.25, 0.3) is 10.9 Å². The molecule has 1 aliphatic heterocycles. The van der Waals surface area contributed by atoms with E-state index in [1.807, 2.05) is 6.20 Å². The minimum absolute atomic E-state index is 0.705. The van der Waals surface area contributed by atoms with Crippen molar-refractivity contribution >= 4 is 22.7 Å². The predicted molar refractivity (Wildman–Crippen MR) is 125 cm³/mol. The lowest BCUT2D eigenvalue weighted by Crippen LogP contribution is -2.38. The quantitative estimate of drug-likeness (QED) is 0.433. The van der Waals surface area contributed by atoms with Gasteiger partial charge in [0.05, 0.1) is 0 Å². The molecule has 0 spiro atoms. The molecular weight excluding hydrogens is 372 g/mol. The van der Waals surface area contributed by atoms with Crippen molar-refractivity contribution in [3.05, 3.63) is 59.9 Å². The van der Waals surface area contributed by atoms with E-state index in [9.17, 15) is 0 Å². The molecule has 0 atom stereocenters. The first-order chi connectivity index (χ1) is 14.7. The van der Waals surface area contributed by atoms with Crippen LogP contribution in [-0.4, -0.2) is 42.6 Å². The number of anilines is 1. The standard InChI is InChI=1S/C24H32N6/c1-18-10-13-30(14-11-18)23-8-7-19(15-28-23)16-29-24(25-2)26-12-9-20-17-27-22-6-4-3-5-21(20)22/h3-8,15,17-18,27H,9-14,16H2,1-2H3,(H2,25,26,29). The molecule has 0 saturated carbocycles. The van der Waals surface area contributed by atoms with Crippen LogP contribution in [0.2, 0.25) is 0 Å².